The van der Waals surface area contributed by atoms with Gasteiger partial charge in [0.2, 0.25) is 5.91 Å². The van der Waals surface area contributed by atoms with Crippen molar-refractivity contribution in [2.24, 2.45) is 0 Å². The molecule has 0 aromatic carbocycles. The lowest BCUT2D eigenvalue weighted by Gasteiger charge is -2.19. The molecule has 1 N–H and O–H groups in total. The number of halogens is 1. The van der Waals surface area contributed by atoms with E-state index in [0.29, 0.717) is 11.6 Å². The summed E-state index contributed by atoms with van der Waals surface area (Å²) >= 11 is 6.22. The Labute approximate surface area is 152 Å². The number of hydrogen-bond donors (Lipinski definition) is 1. The monoisotopic (exact) mass is 351 g/mol. The highest BCUT2D eigenvalue weighted by Crippen LogP contribution is 2.25. The molecule has 0 radical (unpaired) electrons. The van der Waals surface area contributed by atoms with Crippen LogP contribution in [-0.2, 0) is 11.2 Å². The van der Waals surface area contributed by atoms with Crippen molar-refractivity contribution in [2.45, 2.75) is 18.9 Å². The van der Waals surface area contributed by atoms with Crippen molar-refractivity contribution in [3.8, 4) is 0 Å². The molecule has 0 aliphatic heterocycles. The molecule has 3 rings (SSSR count). The van der Waals surface area contributed by atoms with Gasteiger partial charge in [0.25, 0.3) is 0 Å². The lowest BCUT2D eigenvalue weighted by molar-refractivity contribution is -0.116. The van der Waals surface area contributed by atoms with Crippen molar-refractivity contribution in [3.05, 3.63) is 89.5 Å². The minimum atomic E-state index is -0.188. The third-order valence-corrected chi connectivity index (χ3v) is 4.10. The van der Waals surface area contributed by atoms with Gasteiger partial charge >= 0.3 is 0 Å². The number of allylic oxidation sites excluding steroid dienone is 2. The molecule has 1 aliphatic carbocycles. The van der Waals surface area contributed by atoms with Crippen molar-refractivity contribution < 1.29 is 4.79 Å². The maximum atomic E-state index is 11.5. The molecule has 25 heavy (non-hydrogen) atoms. The first-order valence-electron chi connectivity index (χ1n) is 8.00. The summed E-state index contributed by atoms with van der Waals surface area (Å²) in [5.41, 5.74) is 4.05. The highest BCUT2D eigenvalue weighted by Gasteiger charge is 2.16. The predicted molar refractivity (Wildman–Crippen MR) is 100 cm³/mol. The number of nitrogens with one attached hydrogen (secondary N) is 1. The lowest BCUT2D eigenvalue weighted by Crippen LogP contribution is -2.32. The molecule has 0 bridgehead atoms. The van der Waals surface area contributed by atoms with Gasteiger partial charge < -0.3 is 5.32 Å². The van der Waals surface area contributed by atoms with E-state index in [1.165, 1.54) is 6.08 Å². The van der Waals surface area contributed by atoms with Gasteiger partial charge in [-0.05, 0) is 53.8 Å². The van der Waals surface area contributed by atoms with Gasteiger partial charge in [0, 0.05) is 12.4 Å². The second-order valence-electron chi connectivity index (χ2n) is 5.82. The SMILES string of the molecule is C=CC(=O)NC1C=CC=C(c2cc(Cc3cccnc3)cc(Cl)n2)C1. The summed E-state index contributed by atoms with van der Waals surface area (Å²) in [4.78, 5) is 20.1. The molecule has 2 aromatic rings. The molecule has 126 valence electrons. The van der Waals surface area contributed by atoms with Crippen LogP contribution in [0.3, 0.4) is 0 Å². The molecule has 0 saturated carbocycles. The quantitative estimate of drug-likeness (QED) is 0.659. The van der Waals surface area contributed by atoms with Gasteiger partial charge in [0.15, 0.2) is 0 Å². The van der Waals surface area contributed by atoms with Crippen molar-refractivity contribution >= 4 is 23.1 Å². The van der Waals surface area contributed by atoms with Gasteiger partial charge in [-0.1, -0.05) is 42.5 Å². The topological polar surface area (TPSA) is 54.9 Å². The van der Waals surface area contributed by atoms with Crippen LogP contribution >= 0.6 is 11.6 Å². The van der Waals surface area contributed by atoms with Crippen LogP contribution in [0.4, 0.5) is 0 Å². The molecule has 4 nitrogen and oxygen atoms in total. The van der Waals surface area contributed by atoms with E-state index in [1.54, 1.807) is 6.20 Å². The summed E-state index contributed by atoms with van der Waals surface area (Å²) in [6, 6.07) is 7.78. The van der Waals surface area contributed by atoms with Gasteiger partial charge in [-0.2, -0.15) is 0 Å². The van der Waals surface area contributed by atoms with Gasteiger partial charge in [0.1, 0.15) is 5.15 Å². The van der Waals surface area contributed by atoms with E-state index >= 15 is 0 Å². The molecule has 1 unspecified atom stereocenters. The molecule has 1 amide bonds. The number of hydrogen-bond acceptors (Lipinski definition) is 3. The molecular formula is C20H18ClN3O. The van der Waals surface area contributed by atoms with Crippen LogP contribution in [0.5, 0.6) is 0 Å². The van der Waals surface area contributed by atoms with E-state index in [0.717, 1.165) is 28.8 Å². The summed E-state index contributed by atoms with van der Waals surface area (Å²) in [6.07, 6.45) is 12.2. The average molecular weight is 352 g/mol. The summed E-state index contributed by atoms with van der Waals surface area (Å²) in [7, 11) is 0. The van der Waals surface area contributed by atoms with Gasteiger partial charge in [-0.3, -0.25) is 9.78 Å². The summed E-state index contributed by atoms with van der Waals surface area (Å²) in [6.45, 7) is 3.48. The molecule has 2 heterocycles. The predicted octanol–water partition coefficient (Wildman–Crippen LogP) is 3.73. The number of amides is 1. The van der Waals surface area contributed by atoms with Crippen molar-refractivity contribution in [1.82, 2.24) is 15.3 Å². The standard InChI is InChI=1S/C20H18ClN3O/c1-2-20(25)23-17-7-3-6-16(12-17)18-10-15(11-19(21)24-18)9-14-5-4-8-22-13-14/h2-8,10-11,13,17H,1,9,12H2,(H,23,25). The average Bonchev–Trinajstić information content (AvgIpc) is 2.62. The molecule has 0 spiro atoms. The van der Waals surface area contributed by atoms with Gasteiger partial charge in [0.05, 0.1) is 11.7 Å². The van der Waals surface area contributed by atoms with E-state index in [1.807, 2.05) is 48.7 Å². The molecule has 1 aliphatic rings. The minimum absolute atomic E-state index is 0.0759. The van der Waals surface area contributed by atoms with E-state index in [9.17, 15) is 4.79 Å². The largest absolute Gasteiger partial charge is 0.346 e. The fourth-order valence-corrected chi connectivity index (χ4v) is 3.00. The molecular weight excluding hydrogens is 334 g/mol. The fourth-order valence-electron chi connectivity index (χ4n) is 2.76. The normalized spacial score (nSPS) is 16.2. The highest BCUT2D eigenvalue weighted by atomic mass is 35.5. The molecule has 0 saturated heterocycles. The number of carbonyl (C=O) groups excluding carboxylic acids is 1. The van der Waals surface area contributed by atoms with E-state index < -0.39 is 0 Å². The second-order valence-corrected chi connectivity index (χ2v) is 6.21. The minimum Gasteiger partial charge on any atom is -0.346 e. The van der Waals surface area contributed by atoms with Crippen molar-refractivity contribution in [3.63, 3.8) is 0 Å². The Morgan fingerprint density at radius 1 is 1.40 bits per heavy atom. The van der Waals surface area contributed by atoms with Gasteiger partial charge in [-0.15, -0.1) is 0 Å². The zero-order chi connectivity index (χ0) is 17.6. The van der Waals surface area contributed by atoms with Crippen LogP contribution in [0.1, 0.15) is 23.2 Å². The number of nitrogens with zero attached hydrogens (tertiary/aromatic N) is 2. The van der Waals surface area contributed by atoms with Crippen LogP contribution in [0.25, 0.3) is 5.57 Å². The van der Waals surface area contributed by atoms with E-state index in [4.69, 9.17) is 11.6 Å². The van der Waals surface area contributed by atoms with Gasteiger partial charge in [-0.25, -0.2) is 4.98 Å². The Bertz CT molecular complexity index is 843. The van der Waals surface area contributed by atoms with Crippen LogP contribution in [0.15, 0.2) is 67.5 Å². The summed E-state index contributed by atoms with van der Waals surface area (Å²) in [5, 5.41) is 3.34. The molecule has 0 fully saturated rings. The first kappa shape index (κ1) is 17.1. The Morgan fingerprint density at radius 3 is 3.04 bits per heavy atom. The van der Waals surface area contributed by atoms with Crippen LogP contribution < -0.4 is 5.32 Å². The van der Waals surface area contributed by atoms with Crippen molar-refractivity contribution in [2.75, 3.05) is 0 Å². The Balaban J connectivity index is 1.80. The smallest absolute Gasteiger partial charge is 0.243 e. The fraction of sp³-hybridized carbons (Fsp3) is 0.150. The van der Waals surface area contributed by atoms with Crippen molar-refractivity contribution in [1.29, 1.82) is 0 Å². The maximum Gasteiger partial charge on any atom is 0.243 e. The molecule has 5 heteroatoms. The number of aromatic nitrogens is 2. The number of rotatable bonds is 5. The summed E-state index contributed by atoms with van der Waals surface area (Å²) < 4.78 is 0. The number of carbonyl (C=O) groups is 1. The number of pyridine rings is 2. The zero-order valence-electron chi connectivity index (χ0n) is 13.7. The third kappa shape index (κ3) is 4.64. The first-order chi connectivity index (χ1) is 12.1. The maximum absolute atomic E-state index is 11.5. The lowest BCUT2D eigenvalue weighted by atomic mass is 9.96. The van der Waals surface area contributed by atoms with Crippen LogP contribution in [0, 0.1) is 0 Å². The van der Waals surface area contributed by atoms with Crippen LogP contribution in [-0.4, -0.2) is 21.9 Å². The molecule has 1 atom stereocenters. The molecule has 2 aromatic heterocycles. The highest BCUT2D eigenvalue weighted by molar-refractivity contribution is 6.29. The zero-order valence-corrected chi connectivity index (χ0v) is 14.4. The third-order valence-electron chi connectivity index (χ3n) is 3.91. The summed E-state index contributed by atoms with van der Waals surface area (Å²) in [5.74, 6) is -0.188. The Kier molecular flexibility index (Phi) is 5.41. The van der Waals surface area contributed by atoms with E-state index in [-0.39, 0.29) is 11.9 Å². The second kappa shape index (κ2) is 7.90. The van der Waals surface area contributed by atoms with Crippen LogP contribution in [0.2, 0.25) is 5.15 Å². The Hall–Kier alpha value is -2.72. The van der Waals surface area contributed by atoms with E-state index in [2.05, 4.69) is 21.9 Å². The first-order valence-corrected chi connectivity index (χ1v) is 8.38. The Morgan fingerprint density at radius 2 is 2.28 bits per heavy atom.